The number of rotatable bonds is 4. The molecule has 2 N–H and O–H groups in total. The van der Waals surface area contributed by atoms with Crippen LogP contribution in [0.4, 0.5) is 0 Å². The first-order chi connectivity index (χ1) is 6.58. The zero-order valence-corrected chi connectivity index (χ0v) is 10.00. The van der Waals surface area contributed by atoms with Gasteiger partial charge in [0.05, 0.1) is 0 Å². The molecule has 0 aromatic carbocycles. The molecule has 1 fully saturated rings. The lowest BCUT2D eigenvalue weighted by atomic mass is 9.86. The highest BCUT2D eigenvalue weighted by atomic mass is 15.1. The molecule has 0 aliphatic heterocycles. The van der Waals surface area contributed by atoms with Crippen LogP contribution in [0.5, 0.6) is 0 Å². The third-order valence-electron chi connectivity index (χ3n) is 3.07. The lowest BCUT2D eigenvalue weighted by Crippen LogP contribution is -2.35. The number of hydrogen-bond acceptors (Lipinski definition) is 2. The monoisotopic (exact) mass is 198 g/mol. The fourth-order valence-electron chi connectivity index (χ4n) is 2.64. The molecule has 1 rings (SSSR count). The van der Waals surface area contributed by atoms with E-state index in [0.29, 0.717) is 6.04 Å². The second kappa shape index (κ2) is 5.72. The zero-order valence-electron chi connectivity index (χ0n) is 10.00. The van der Waals surface area contributed by atoms with Crippen LogP contribution < -0.4 is 5.73 Å². The van der Waals surface area contributed by atoms with Crippen LogP contribution in [0.15, 0.2) is 0 Å². The molecule has 0 saturated heterocycles. The fraction of sp³-hybridized carbons (Fsp3) is 1.00. The van der Waals surface area contributed by atoms with Crippen molar-refractivity contribution in [2.75, 3.05) is 20.1 Å². The maximum atomic E-state index is 5.98. The van der Waals surface area contributed by atoms with Crippen molar-refractivity contribution in [3.05, 3.63) is 0 Å². The normalized spacial score (nSPS) is 28.7. The Morgan fingerprint density at radius 3 is 2.64 bits per heavy atom. The van der Waals surface area contributed by atoms with Gasteiger partial charge in [-0.1, -0.05) is 20.3 Å². The Morgan fingerprint density at radius 2 is 2.07 bits per heavy atom. The molecule has 0 spiro atoms. The number of nitrogens with two attached hydrogens (primary N) is 1. The van der Waals surface area contributed by atoms with Crippen LogP contribution >= 0.6 is 0 Å². The van der Waals surface area contributed by atoms with Crippen LogP contribution in [0.25, 0.3) is 0 Å². The Labute approximate surface area is 88.8 Å². The van der Waals surface area contributed by atoms with Gasteiger partial charge in [0.1, 0.15) is 0 Å². The van der Waals surface area contributed by atoms with E-state index in [0.717, 1.165) is 11.8 Å². The van der Waals surface area contributed by atoms with Gasteiger partial charge in [0.25, 0.3) is 0 Å². The van der Waals surface area contributed by atoms with E-state index in [4.69, 9.17) is 5.73 Å². The molecule has 1 saturated carbocycles. The van der Waals surface area contributed by atoms with Crippen molar-refractivity contribution in [2.45, 2.75) is 45.6 Å². The molecular formula is C12H26N2. The molecule has 2 atom stereocenters. The molecule has 84 valence electrons. The summed E-state index contributed by atoms with van der Waals surface area (Å²) in [5, 5.41) is 0. The fourth-order valence-corrected chi connectivity index (χ4v) is 2.64. The lowest BCUT2D eigenvalue weighted by Gasteiger charge is -2.30. The second-order valence-corrected chi connectivity index (χ2v) is 5.41. The van der Waals surface area contributed by atoms with Gasteiger partial charge in [-0.05, 0) is 38.1 Å². The maximum absolute atomic E-state index is 5.98. The van der Waals surface area contributed by atoms with Gasteiger partial charge in [-0.25, -0.2) is 0 Å². The molecule has 2 nitrogen and oxygen atoms in total. The van der Waals surface area contributed by atoms with Crippen molar-refractivity contribution < 1.29 is 0 Å². The number of nitrogens with zero attached hydrogens (tertiary/aromatic N) is 1. The van der Waals surface area contributed by atoms with Gasteiger partial charge >= 0.3 is 0 Å². The summed E-state index contributed by atoms with van der Waals surface area (Å²) in [5.41, 5.74) is 5.98. The predicted octanol–water partition coefficient (Wildman–Crippen LogP) is 2.09. The molecule has 0 aromatic heterocycles. The SMILES string of the molecule is CC(C)CN(C)CC1CCCC(N)C1. The standard InChI is InChI=1S/C12H26N2/c1-10(2)8-14(3)9-11-5-4-6-12(13)7-11/h10-12H,4-9,13H2,1-3H3. The van der Waals surface area contributed by atoms with E-state index in [9.17, 15) is 0 Å². The summed E-state index contributed by atoms with van der Waals surface area (Å²) in [4.78, 5) is 2.47. The summed E-state index contributed by atoms with van der Waals surface area (Å²) >= 11 is 0. The molecule has 0 heterocycles. The lowest BCUT2D eigenvalue weighted by molar-refractivity contribution is 0.207. The van der Waals surface area contributed by atoms with Crippen LogP contribution in [0.3, 0.4) is 0 Å². The van der Waals surface area contributed by atoms with E-state index in [2.05, 4.69) is 25.8 Å². The molecule has 0 aromatic rings. The summed E-state index contributed by atoms with van der Waals surface area (Å²) in [7, 11) is 2.24. The van der Waals surface area contributed by atoms with Crippen LogP contribution in [0.2, 0.25) is 0 Å². The number of hydrogen-bond donors (Lipinski definition) is 1. The first kappa shape index (κ1) is 12.0. The van der Waals surface area contributed by atoms with E-state index in [-0.39, 0.29) is 0 Å². The molecular weight excluding hydrogens is 172 g/mol. The summed E-state index contributed by atoms with van der Waals surface area (Å²) in [6.07, 6.45) is 5.20. The zero-order chi connectivity index (χ0) is 10.6. The van der Waals surface area contributed by atoms with Gasteiger partial charge in [-0.3, -0.25) is 0 Å². The molecule has 2 heteroatoms. The van der Waals surface area contributed by atoms with Crippen LogP contribution in [-0.2, 0) is 0 Å². The highest BCUT2D eigenvalue weighted by Gasteiger charge is 2.20. The quantitative estimate of drug-likeness (QED) is 0.749. The minimum absolute atomic E-state index is 0.473. The van der Waals surface area contributed by atoms with Gasteiger partial charge in [0.15, 0.2) is 0 Å². The van der Waals surface area contributed by atoms with E-state index in [1.807, 2.05) is 0 Å². The van der Waals surface area contributed by atoms with Crippen molar-refractivity contribution in [1.29, 1.82) is 0 Å². The molecule has 1 aliphatic carbocycles. The van der Waals surface area contributed by atoms with Crippen LogP contribution in [0, 0.1) is 11.8 Å². The highest BCUT2D eigenvalue weighted by Crippen LogP contribution is 2.23. The summed E-state index contributed by atoms with van der Waals surface area (Å²) in [6, 6.07) is 0.473. The molecule has 0 bridgehead atoms. The minimum Gasteiger partial charge on any atom is -0.328 e. The van der Waals surface area contributed by atoms with Crippen molar-refractivity contribution in [3.8, 4) is 0 Å². The summed E-state index contributed by atoms with van der Waals surface area (Å²) in [5.74, 6) is 1.62. The van der Waals surface area contributed by atoms with Gasteiger partial charge in [0.2, 0.25) is 0 Å². The first-order valence-corrected chi connectivity index (χ1v) is 6.02. The second-order valence-electron chi connectivity index (χ2n) is 5.41. The van der Waals surface area contributed by atoms with Crippen molar-refractivity contribution in [2.24, 2.45) is 17.6 Å². The Balaban J connectivity index is 2.21. The smallest absolute Gasteiger partial charge is 0.00419 e. The van der Waals surface area contributed by atoms with E-state index in [1.54, 1.807) is 0 Å². The Morgan fingerprint density at radius 1 is 1.36 bits per heavy atom. The van der Waals surface area contributed by atoms with Crippen molar-refractivity contribution in [3.63, 3.8) is 0 Å². The minimum atomic E-state index is 0.473. The van der Waals surface area contributed by atoms with Gasteiger partial charge < -0.3 is 10.6 Å². The first-order valence-electron chi connectivity index (χ1n) is 6.02. The topological polar surface area (TPSA) is 29.3 Å². The Hall–Kier alpha value is -0.0800. The van der Waals surface area contributed by atoms with Crippen molar-refractivity contribution in [1.82, 2.24) is 4.90 Å². The van der Waals surface area contributed by atoms with E-state index in [1.165, 1.54) is 38.8 Å². The Kier molecular flexibility index (Phi) is 4.90. The predicted molar refractivity (Wildman–Crippen MR) is 62.3 cm³/mol. The third kappa shape index (κ3) is 4.43. The third-order valence-corrected chi connectivity index (χ3v) is 3.07. The van der Waals surface area contributed by atoms with Gasteiger partial charge in [0, 0.05) is 19.1 Å². The van der Waals surface area contributed by atoms with Crippen LogP contribution in [0.1, 0.15) is 39.5 Å². The molecule has 1 aliphatic rings. The molecule has 14 heavy (non-hydrogen) atoms. The van der Waals surface area contributed by atoms with Gasteiger partial charge in [-0.15, -0.1) is 0 Å². The molecule has 0 amide bonds. The highest BCUT2D eigenvalue weighted by molar-refractivity contribution is 4.77. The summed E-state index contributed by atoms with van der Waals surface area (Å²) in [6.45, 7) is 7.02. The molecule has 2 unspecified atom stereocenters. The summed E-state index contributed by atoms with van der Waals surface area (Å²) < 4.78 is 0. The maximum Gasteiger partial charge on any atom is 0.00419 e. The molecule has 0 radical (unpaired) electrons. The van der Waals surface area contributed by atoms with Crippen molar-refractivity contribution >= 4 is 0 Å². The Bertz CT molecular complexity index is 156. The largest absolute Gasteiger partial charge is 0.328 e. The average molecular weight is 198 g/mol. The van der Waals surface area contributed by atoms with Crippen LogP contribution in [-0.4, -0.2) is 31.1 Å². The average Bonchev–Trinajstić information content (AvgIpc) is 2.01. The van der Waals surface area contributed by atoms with E-state index >= 15 is 0 Å². The van der Waals surface area contributed by atoms with E-state index < -0.39 is 0 Å². The van der Waals surface area contributed by atoms with Gasteiger partial charge in [-0.2, -0.15) is 0 Å².